The average molecular weight is 292 g/mol. The van der Waals surface area contributed by atoms with E-state index in [0.717, 1.165) is 26.2 Å². The number of aromatic nitrogens is 2. The second-order valence-corrected chi connectivity index (χ2v) is 6.41. The molecule has 5 nitrogen and oxygen atoms in total. The van der Waals surface area contributed by atoms with Crippen molar-refractivity contribution in [3.05, 3.63) is 22.7 Å². The molecule has 0 aromatic carbocycles. The Morgan fingerprint density at radius 3 is 3.00 bits per heavy atom. The number of nitrogens with one attached hydrogen (secondary N) is 1. The third-order valence-electron chi connectivity index (χ3n) is 4.08. The summed E-state index contributed by atoms with van der Waals surface area (Å²) in [7, 11) is 0. The van der Waals surface area contributed by atoms with Crippen molar-refractivity contribution in [3.63, 3.8) is 0 Å². The van der Waals surface area contributed by atoms with E-state index in [1.54, 1.807) is 17.0 Å². The molecular weight excluding hydrogens is 264 g/mol. The van der Waals surface area contributed by atoms with Crippen molar-refractivity contribution in [3.8, 4) is 0 Å². The van der Waals surface area contributed by atoms with Crippen LogP contribution in [0.3, 0.4) is 0 Å². The van der Waals surface area contributed by atoms with Gasteiger partial charge in [0.25, 0.3) is 5.56 Å². The molecule has 1 aliphatic heterocycles. The molecule has 1 saturated heterocycles. The molecular formula is C16H28N4O. The van der Waals surface area contributed by atoms with E-state index in [4.69, 9.17) is 0 Å². The van der Waals surface area contributed by atoms with Gasteiger partial charge in [-0.15, -0.1) is 0 Å². The quantitative estimate of drug-likeness (QED) is 0.872. The minimum atomic E-state index is -0.00522. The summed E-state index contributed by atoms with van der Waals surface area (Å²) < 4.78 is 1.75. The molecule has 0 unspecified atom stereocenters. The standard InChI is InChI=1S/C16H28N4O/c1-4-19-8-5-6-14(12-19)10-18-15-16(21)20(9-7-17-15)11-13(2)3/h7,9,13-14H,4-6,8,10-12H2,1-3H3,(H,17,18)/t14-/m0/s1. The maximum atomic E-state index is 12.3. The van der Waals surface area contributed by atoms with Crippen LogP contribution in [0, 0.1) is 11.8 Å². The minimum absolute atomic E-state index is 0.00522. The third kappa shape index (κ3) is 4.56. The highest BCUT2D eigenvalue weighted by molar-refractivity contribution is 5.30. The van der Waals surface area contributed by atoms with Gasteiger partial charge in [0.2, 0.25) is 0 Å². The molecule has 118 valence electrons. The number of hydrogen-bond acceptors (Lipinski definition) is 4. The molecule has 0 radical (unpaired) electrons. The van der Waals surface area contributed by atoms with Gasteiger partial charge < -0.3 is 14.8 Å². The molecule has 0 bridgehead atoms. The van der Waals surface area contributed by atoms with E-state index >= 15 is 0 Å². The summed E-state index contributed by atoms with van der Waals surface area (Å²) in [6.45, 7) is 11.4. The zero-order valence-corrected chi connectivity index (χ0v) is 13.5. The first-order valence-electron chi connectivity index (χ1n) is 8.11. The smallest absolute Gasteiger partial charge is 0.293 e. The second kappa shape index (κ2) is 7.59. The lowest BCUT2D eigenvalue weighted by atomic mass is 9.98. The van der Waals surface area contributed by atoms with E-state index in [2.05, 4.69) is 36.0 Å². The lowest BCUT2D eigenvalue weighted by molar-refractivity contribution is 0.189. The zero-order valence-electron chi connectivity index (χ0n) is 13.5. The van der Waals surface area contributed by atoms with Crippen molar-refractivity contribution in [1.29, 1.82) is 0 Å². The predicted molar refractivity (Wildman–Crippen MR) is 86.7 cm³/mol. The molecule has 1 aliphatic rings. The number of anilines is 1. The zero-order chi connectivity index (χ0) is 15.2. The van der Waals surface area contributed by atoms with Crippen LogP contribution < -0.4 is 10.9 Å². The molecule has 0 amide bonds. The number of piperidine rings is 1. The van der Waals surface area contributed by atoms with Crippen molar-refractivity contribution in [2.24, 2.45) is 11.8 Å². The van der Waals surface area contributed by atoms with Crippen LogP contribution in [0.25, 0.3) is 0 Å². The first-order valence-corrected chi connectivity index (χ1v) is 8.11. The Morgan fingerprint density at radius 1 is 1.48 bits per heavy atom. The van der Waals surface area contributed by atoms with Gasteiger partial charge in [-0.25, -0.2) is 4.98 Å². The Morgan fingerprint density at radius 2 is 2.29 bits per heavy atom. The van der Waals surface area contributed by atoms with Gasteiger partial charge in [0.15, 0.2) is 5.82 Å². The number of nitrogens with zero attached hydrogens (tertiary/aromatic N) is 3. The van der Waals surface area contributed by atoms with Crippen molar-refractivity contribution < 1.29 is 0 Å². The molecule has 1 fully saturated rings. The van der Waals surface area contributed by atoms with Gasteiger partial charge in [-0.05, 0) is 37.8 Å². The Hall–Kier alpha value is -1.36. The summed E-state index contributed by atoms with van der Waals surface area (Å²) in [6, 6.07) is 0. The topological polar surface area (TPSA) is 50.2 Å². The fourth-order valence-corrected chi connectivity index (χ4v) is 2.95. The van der Waals surface area contributed by atoms with Crippen LogP contribution >= 0.6 is 0 Å². The highest BCUT2D eigenvalue weighted by Crippen LogP contribution is 2.16. The van der Waals surface area contributed by atoms with Crippen LogP contribution in [0.2, 0.25) is 0 Å². The Labute approximate surface area is 127 Å². The molecule has 1 N–H and O–H groups in total. The first kappa shape index (κ1) is 16.0. The SMILES string of the molecule is CCN1CCC[C@@H](CNc2nccn(CC(C)C)c2=O)C1. The Kier molecular flexibility index (Phi) is 5.79. The van der Waals surface area contributed by atoms with Crippen molar-refractivity contribution in [1.82, 2.24) is 14.5 Å². The monoisotopic (exact) mass is 292 g/mol. The molecule has 1 aromatic heterocycles. The summed E-state index contributed by atoms with van der Waals surface area (Å²) >= 11 is 0. The maximum absolute atomic E-state index is 12.3. The molecule has 0 spiro atoms. The van der Waals surface area contributed by atoms with Crippen LogP contribution in [0.5, 0.6) is 0 Å². The van der Waals surface area contributed by atoms with E-state index in [1.807, 2.05) is 0 Å². The molecule has 2 rings (SSSR count). The van der Waals surface area contributed by atoms with Crippen LogP contribution in [-0.2, 0) is 6.54 Å². The lowest BCUT2D eigenvalue weighted by Crippen LogP contribution is -2.38. The summed E-state index contributed by atoms with van der Waals surface area (Å²) in [6.07, 6.45) is 5.97. The van der Waals surface area contributed by atoms with E-state index in [-0.39, 0.29) is 5.56 Å². The largest absolute Gasteiger partial charge is 0.365 e. The molecule has 0 aliphatic carbocycles. The van der Waals surface area contributed by atoms with Gasteiger partial charge in [-0.3, -0.25) is 4.79 Å². The van der Waals surface area contributed by atoms with Crippen LogP contribution in [0.4, 0.5) is 5.82 Å². The number of hydrogen-bond donors (Lipinski definition) is 1. The summed E-state index contributed by atoms with van der Waals surface area (Å²) in [5.74, 6) is 1.56. The predicted octanol–water partition coefficient (Wildman–Crippen LogP) is 2.04. The van der Waals surface area contributed by atoms with Gasteiger partial charge in [-0.1, -0.05) is 20.8 Å². The van der Waals surface area contributed by atoms with Crippen LogP contribution in [0.1, 0.15) is 33.6 Å². The minimum Gasteiger partial charge on any atom is -0.365 e. The first-order chi connectivity index (χ1) is 10.1. The fraction of sp³-hybridized carbons (Fsp3) is 0.750. The highest BCUT2D eigenvalue weighted by Gasteiger charge is 2.19. The molecule has 1 atom stereocenters. The maximum Gasteiger partial charge on any atom is 0.293 e. The second-order valence-electron chi connectivity index (χ2n) is 6.41. The van der Waals surface area contributed by atoms with E-state index in [9.17, 15) is 4.79 Å². The van der Waals surface area contributed by atoms with Crippen LogP contribution in [0.15, 0.2) is 17.2 Å². The van der Waals surface area contributed by atoms with Crippen LogP contribution in [-0.4, -0.2) is 40.6 Å². The van der Waals surface area contributed by atoms with E-state index in [0.29, 0.717) is 17.7 Å². The fourth-order valence-electron chi connectivity index (χ4n) is 2.95. The van der Waals surface area contributed by atoms with Gasteiger partial charge in [-0.2, -0.15) is 0 Å². The Balaban J connectivity index is 1.95. The van der Waals surface area contributed by atoms with Crippen molar-refractivity contribution >= 4 is 5.82 Å². The van der Waals surface area contributed by atoms with E-state index < -0.39 is 0 Å². The summed E-state index contributed by atoms with van der Waals surface area (Å²) in [5, 5.41) is 3.27. The normalized spacial score (nSPS) is 19.9. The molecule has 1 aromatic rings. The lowest BCUT2D eigenvalue weighted by Gasteiger charge is -2.31. The summed E-state index contributed by atoms with van der Waals surface area (Å²) in [5.41, 5.74) is -0.00522. The number of likely N-dealkylation sites (tertiary alicyclic amines) is 1. The van der Waals surface area contributed by atoms with Gasteiger partial charge in [0.1, 0.15) is 0 Å². The van der Waals surface area contributed by atoms with Gasteiger partial charge in [0.05, 0.1) is 0 Å². The summed E-state index contributed by atoms with van der Waals surface area (Å²) in [4.78, 5) is 19.0. The third-order valence-corrected chi connectivity index (χ3v) is 4.08. The highest BCUT2D eigenvalue weighted by atomic mass is 16.1. The number of rotatable bonds is 6. The molecule has 2 heterocycles. The molecule has 5 heteroatoms. The van der Waals surface area contributed by atoms with Crippen molar-refractivity contribution in [2.45, 2.75) is 40.2 Å². The van der Waals surface area contributed by atoms with Gasteiger partial charge >= 0.3 is 0 Å². The Bertz CT molecular complexity index is 497. The van der Waals surface area contributed by atoms with Gasteiger partial charge in [0, 0.05) is 32.0 Å². The van der Waals surface area contributed by atoms with Crippen molar-refractivity contribution in [2.75, 3.05) is 31.5 Å². The average Bonchev–Trinajstić information content (AvgIpc) is 2.48. The van der Waals surface area contributed by atoms with E-state index in [1.165, 1.54) is 19.4 Å². The molecule has 0 saturated carbocycles. The molecule has 21 heavy (non-hydrogen) atoms.